The van der Waals surface area contributed by atoms with Crippen molar-refractivity contribution in [3.05, 3.63) is 47.5 Å². The van der Waals surface area contributed by atoms with Gasteiger partial charge in [0.05, 0.1) is 6.33 Å². The Hall–Kier alpha value is -2.14. The van der Waals surface area contributed by atoms with Crippen LogP contribution in [0.2, 0.25) is 5.28 Å². The third-order valence-corrected chi connectivity index (χ3v) is 5.06. The second-order valence-electron chi connectivity index (χ2n) is 6.62. The molecule has 0 saturated heterocycles. The second-order valence-corrected chi connectivity index (χ2v) is 6.96. The highest BCUT2D eigenvalue weighted by molar-refractivity contribution is 6.28. The summed E-state index contributed by atoms with van der Waals surface area (Å²) in [6.45, 7) is 0.827. The second kappa shape index (κ2) is 7.40. The molecule has 1 fully saturated rings. The Morgan fingerprint density at radius 1 is 1.12 bits per heavy atom. The Labute approximate surface area is 152 Å². The third-order valence-electron chi connectivity index (χ3n) is 4.89. The van der Waals surface area contributed by atoms with E-state index in [0.717, 1.165) is 36.4 Å². The molecule has 1 aromatic carbocycles. The lowest BCUT2D eigenvalue weighted by Crippen LogP contribution is -2.08. The number of anilines is 1. The molecule has 0 unspecified atom stereocenters. The minimum Gasteiger partial charge on any atom is -0.368 e. The highest BCUT2D eigenvalue weighted by atomic mass is 35.5. The number of imidazole rings is 1. The van der Waals surface area contributed by atoms with Gasteiger partial charge in [-0.05, 0) is 42.8 Å². The summed E-state index contributed by atoms with van der Waals surface area (Å²) in [5.41, 5.74) is 3.01. The zero-order chi connectivity index (χ0) is 17.1. The van der Waals surface area contributed by atoms with Crippen LogP contribution in [-0.2, 0) is 6.42 Å². The summed E-state index contributed by atoms with van der Waals surface area (Å²) in [6, 6.07) is 11.0. The van der Waals surface area contributed by atoms with E-state index in [1.807, 2.05) is 12.4 Å². The number of halogens is 1. The number of nitrogens with zero attached hydrogens (tertiary/aromatic N) is 4. The Morgan fingerprint density at radius 3 is 2.72 bits per heavy atom. The molecule has 2 heterocycles. The zero-order valence-electron chi connectivity index (χ0n) is 14.2. The van der Waals surface area contributed by atoms with Crippen molar-refractivity contribution >= 4 is 28.6 Å². The minimum atomic E-state index is 0.276. The Bertz CT molecular complexity index is 840. The van der Waals surface area contributed by atoms with Crippen molar-refractivity contribution in [3.8, 4) is 0 Å². The lowest BCUT2D eigenvalue weighted by atomic mass is 10.1. The summed E-state index contributed by atoms with van der Waals surface area (Å²) in [4.78, 5) is 13.3. The van der Waals surface area contributed by atoms with Crippen LogP contribution in [0.15, 0.2) is 36.7 Å². The fraction of sp³-hybridized carbons (Fsp3) is 0.421. The molecule has 1 N–H and O–H groups in total. The van der Waals surface area contributed by atoms with Crippen LogP contribution < -0.4 is 5.32 Å². The molecule has 6 heteroatoms. The number of hydrogen-bond acceptors (Lipinski definition) is 4. The molecule has 0 amide bonds. The molecule has 1 saturated carbocycles. The Balaban J connectivity index is 1.47. The summed E-state index contributed by atoms with van der Waals surface area (Å²) >= 11 is 6.16. The van der Waals surface area contributed by atoms with E-state index in [1.165, 1.54) is 31.2 Å². The molecule has 0 atom stereocenters. The summed E-state index contributed by atoms with van der Waals surface area (Å²) < 4.78 is 2.17. The molecular weight excluding hydrogens is 334 g/mol. The number of aryl methyl sites for hydroxylation is 1. The van der Waals surface area contributed by atoms with Gasteiger partial charge in [-0.25, -0.2) is 4.98 Å². The maximum Gasteiger partial charge on any atom is 0.226 e. The highest BCUT2D eigenvalue weighted by Gasteiger charge is 2.21. The van der Waals surface area contributed by atoms with Crippen LogP contribution in [0, 0.1) is 0 Å². The molecule has 25 heavy (non-hydrogen) atoms. The lowest BCUT2D eigenvalue weighted by Gasteiger charge is -2.12. The van der Waals surface area contributed by atoms with Gasteiger partial charge in [0.15, 0.2) is 17.0 Å². The van der Waals surface area contributed by atoms with E-state index in [4.69, 9.17) is 11.6 Å². The molecule has 1 aliphatic carbocycles. The summed E-state index contributed by atoms with van der Waals surface area (Å²) in [5, 5.41) is 3.67. The topological polar surface area (TPSA) is 55.6 Å². The summed E-state index contributed by atoms with van der Waals surface area (Å²) in [6.07, 6.45) is 8.87. The maximum atomic E-state index is 6.16. The van der Waals surface area contributed by atoms with Crippen molar-refractivity contribution in [2.75, 3.05) is 11.9 Å². The van der Waals surface area contributed by atoms with Crippen LogP contribution in [0.3, 0.4) is 0 Å². The number of benzene rings is 1. The van der Waals surface area contributed by atoms with Crippen molar-refractivity contribution in [2.45, 2.75) is 44.6 Å². The predicted octanol–water partition coefficient (Wildman–Crippen LogP) is 4.64. The zero-order valence-corrected chi connectivity index (χ0v) is 14.9. The lowest BCUT2D eigenvalue weighted by molar-refractivity contribution is 0.529. The fourth-order valence-electron chi connectivity index (χ4n) is 3.61. The molecule has 2 aromatic heterocycles. The van der Waals surface area contributed by atoms with E-state index in [2.05, 4.69) is 49.1 Å². The van der Waals surface area contributed by atoms with Crippen LogP contribution in [0.5, 0.6) is 0 Å². The standard InChI is InChI=1S/C19H22ClN5/c20-19-23-17(21-12-6-9-14-7-2-1-3-8-14)16-18(24-19)25(13-22-16)15-10-4-5-11-15/h1-3,7-8,13,15H,4-6,9-12H2,(H,21,23,24). The Morgan fingerprint density at radius 2 is 1.92 bits per heavy atom. The Kier molecular flexibility index (Phi) is 4.83. The average molecular weight is 356 g/mol. The molecule has 1 aliphatic rings. The summed E-state index contributed by atoms with van der Waals surface area (Å²) in [5.74, 6) is 0.736. The van der Waals surface area contributed by atoms with E-state index in [-0.39, 0.29) is 5.28 Å². The van der Waals surface area contributed by atoms with Gasteiger partial charge < -0.3 is 9.88 Å². The van der Waals surface area contributed by atoms with Crippen LogP contribution >= 0.6 is 11.6 Å². The van der Waals surface area contributed by atoms with Crippen molar-refractivity contribution < 1.29 is 0 Å². The van der Waals surface area contributed by atoms with Crippen LogP contribution in [0.4, 0.5) is 5.82 Å². The normalized spacial score (nSPS) is 15.1. The van der Waals surface area contributed by atoms with Gasteiger partial charge in [0.2, 0.25) is 5.28 Å². The number of hydrogen-bond donors (Lipinski definition) is 1. The first-order valence-electron chi connectivity index (χ1n) is 8.99. The van der Waals surface area contributed by atoms with E-state index in [0.29, 0.717) is 6.04 Å². The molecular formula is C19H22ClN5. The van der Waals surface area contributed by atoms with Gasteiger partial charge >= 0.3 is 0 Å². The number of aromatic nitrogens is 4. The van der Waals surface area contributed by atoms with Crippen molar-refractivity contribution in [3.63, 3.8) is 0 Å². The molecule has 0 spiro atoms. The molecule has 130 valence electrons. The monoisotopic (exact) mass is 355 g/mol. The van der Waals surface area contributed by atoms with Crippen LogP contribution in [-0.4, -0.2) is 26.1 Å². The first kappa shape index (κ1) is 16.3. The average Bonchev–Trinajstić information content (AvgIpc) is 3.28. The largest absolute Gasteiger partial charge is 0.368 e. The molecule has 0 radical (unpaired) electrons. The summed E-state index contributed by atoms with van der Waals surface area (Å²) in [7, 11) is 0. The molecule has 4 rings (SSSR count). The van der Waals surface area contributed by atoms with Gasteiger partial charge in [-0.1, -0.05) is 43.2 Å². The van der Waals surface area contributed by atoms with Gasteiger partial charge in [-0.3, -0.25) is 0 Å². The first-order chi connectivity index (χ1) is 12.3. The first-order valence-corrected chi connectivity index (χ1v) is 9.37. The fourth-order valence-corrected chi connectivity index (χ4v) is 3.77. The molecule has 5 nitrogen and oxygen atoms in total. The number of nitrogens with one attached hydrogen (secondary N) is 1. The van der Waals surface area contributed by atoms with Crippen molar-refractivity contribution in [1.29, 1.82) is 0 Å². The molecule has 0 aliphatic heterocycles. The van der Waals surface area contributed by atoms with Crippen molar-refractivity contribution in [1.82, 2.24) is 19.5 Å². The predicted molar refractivity (Wildman–Crippen MR) is 101 cm³/mol. The quantitative estimate of drug-likeness (QED) is 0.517. The van der Waals surface area contributed by atoms with Crippen LogP contribution in [0.1, 0.15) is 43.7 Å². The van der Waals surface area contributed by atoms with Crippen molar-refractivity contribution in [2.24, 2.45) is 0 Å². The van der Waals surface area contributed by atoms with Gasteiger partial charge in [0.25, 0.3) is 0 Å². The molecule has 0 bridgehead atoms. The molecule has 3 aromatic rings. The van der Waals surface area contributed by atoms with Gasteiger partial charge in [0.1, 0.15) is 0 Å². The number of fused-ring (bicyclic) bond motifs is 1. The maximum absolute atomic E-state index is 6.16. The smallest absolute Gasteiger partial charge is 0.226 e. The van der Waals surface area contributed by atoms with Gasteiger partial charge in [-0.2, -0.15) is 9.97 Å². The third kappa shape index (κ3) is 3.61. The van der Waals surface area contributed by atoms with E-state index in [1.54, 1.807) is 0 Å². The number of rotatable bonds is 6. The van der Waals surface area contributed by atoms with E-state index < -0.39 is 0 Å². The van der Waals surface area contributed by atoms with E-state index in [9.17, 15) is 0 Å². The minimum absolute atomic E-state index is 0.276. The van der Waals surface area contributed by atoms with E-state index >= 15 is 0 Å². The SMILES string of the molecule is Clc1nc(NCCCc2ccccc2)c2ncn(C3CCCC3)c2n1. The van der Waals surface area contributed by atoms with Gasteiger partial charge in [0, 0.05) is 12.6 Å². The highest BCUT2D eigenvalue weighted by Crippen LogP contribution is 2.32. The van der Waals surface area contributed by atoms with Gasteiger partial charge in [-0.15, -0.1) is 0 Å². The van der Waals surface area contributed by atoms with Crippen LogP contribution in [0.25, 0.3) is 11.2 Å².